The molecule has 4 rings (SSSR count). The fourth-order valence-electron chi connectivity index (χ4n) is 2.46. The standard InChI is InChI=1S/C18H13N7O2/c26-18(27)13-6-4-12(5-7-13)9-22-24-16-14-10-23-25(17(14)21-11-20-16)15-3-1-2-8-19-15/h1-11H,(H,26,27)(H,20,21,24)/b22-9-. The van der Waals surface area contributed by atoms with E-state index >= 15 is 0 Å². The van der Waals surface area contributed by atoms with Crippen LogP contribution in [0, 0.1) is 0 Å². The highest BCUT2D eigenvalue weighted by Gasteiger charge is 2.11. The SMILES string of the molecule is O=C(O)c1ccc(/C=N\Nc2ncnc3c2cnn3-c2ccccn2)cc1. The smallest absolute Gasteiger partial charge is 0.335 e. The first-order valence-electron chi connectivity index (χ1n) is 7.95. The second-order valence-electron chi connectivity index (χ2n) is 5.50. The Hall–Kier alpha value is -4.14. The molecule has 27 heavy (non-hydrogen) atoms. The number of anilines is 1. The highest BCUT2D eigenvalue weighted by molar-refractivity contribution is 5.90. The molecule has 0 aliphatic carbocycles. The highest BCUT2D eigenvalue weighted by atomic mass is 16.4. The van der Waals surface area contributed by atoms with Crippen LogP contribution in [-0.4, -0.2) is 42.0 Å². The van der Waals surface area contributed by atoms with Gasteiger partial charge in [0.05, 0.1) is 23.4 Å². The average molecular weight is 359 g/mol. The van der Waals surface area contributed by atoms with Crippen molar-refractivity contribution in [3.8, 4) is 5.82 Å². The number of hydrogen-bond acceptors (Lipinski definition) is 7. The molecule has 132 valence electrons. The number of aromatic nitrogens is 5. The van der Waals surface area contributed by atoms with Crippen LogP contribution in [-0.2, 0) is 0 Å². The number of hydrogen-bond donors (Lipinski definition) is 2. The van der Waals surface area contributed by atoms with Crippen LogP contribution in [0.25, 0.3) is 16.9 Å². The predicted molar refractivity (Wildman–Crippen MR) is 99.1 cm³/mol. The van der Waals surface area contributed by atoms with Crippen LogP contribution in [0.5, 0.6) is 0 Å². The molecule has 0 aliphatic rings. The predicted octanol–water partition coefficient (Wildman–Crippen LogP) is 2.35. The van der Waals surface area contributed by atoms with Crippen molar-refractivity contribution in [2.24, 2.45) is 5.10 Å². The number of carboxylic acid groups (broad SMARTS) is 1. The molecule has 9 heteroatoms. The maximum absolute atomic E-state index is 10.9. The number of nitrogens with zero attached hydrogens (tertiary/aromatic N) is 6. The Morgan fingerprint density at radius 1 is 1.11 bits per heavy atom. The molecule has 9 nitrogen and oxygen atoms in total. The van der Waals surface area contributed by atoms with E-state index in [1.54, 1.807) is 35.4 Å². The summed E-state index contributed by atoms with van der Waals surface area (Å²) in [6.07, 6.45) is 6.32. The number of carboxylic acids is 1. The molecule has 4 aromatic rings. The molecular weight excluding hydrogens is 346 g/mol. The van der Waals surface area contributed by atoms with E-state index in [4.69, 9.17) is 5.11 Å². The lowest BCUT2D eigenvalue weighted by Gasteiger charge is -2.03. The minimum Gasteiger partial charge on any atom is -0.478 e. The first kappa shape index (κ1) is 16.3. The van der Waals surface area contributed by atoms with E-state index in [2.05, 4.69) is 30.6 Å². The first-order chi connectivity index (χ1) is 13.2. The van der Waals surface area contributed by atoms with E-state index in [0.29, 0.717) is 22.7 Å². The maximum atomic E-state index is 10.9. The molecule has 0 spiro atoms. The van der Waals surface area contributed by atoms with E-state index < -0.39 is 5.97 Å². The molecule has 0 bridgehead atoms. The van der Waals surface area contributed by atoms with Gasteiger partial charge in [-0.1, -0.05) is 18.2 Å². The summed E-state index contributed by atoms with van der Waals surface area (Å²) in [5, 5.41) is 18.1. The van der Waals surface area contributed by atoms with Gasteiger partial charge in [-0.2, -0.15) is 14.9 Å². The summed E-state index contributed by atoms with van der Waals surface area (Å²) in [7, 11) is 0. The van der Waals surface area contributed by atoms with Gasteiger partial charge >= 0.3 is 5.97 Å². The van der Waals surface area contributed by atoms with E-state index in [-0.39, 0.29) is 5.56 Å². The summed E-state index contributed by atoms with van der Waals surface area (Å²) in [4.78, 5) is 23.6. The van der Waals surface area contributed by atoms with Crippen LogP contribution >= 0.6 is 0 Å². The molecule has 0 saturated heterocycles. The second kappa shape index (κ2) is 7.00. The van der Waals surface area contributed by atoms with Crippen molar-refractivity contribution in [1.29, 1.82) is 0 Å². The van der Waals surface area contributed by atoms with Crippen molar-refractivity contribution in [1.82, 2.24) is 24.7 Å². The molecule has 0 unspecified atom stereocenters. The lowest BCUT2D eigenvalue weighted by molar-refractivity contribution is 0.0697. The molecule has 0 saturated carbocycles. The van der Waals surface area contributed by atoms with Gasteiger partial charge < -0.3 is 5.11 Å². The van der Waals surface area contributed by atoms with Crippen molar-refractivity contribution < 1.29 is 9.90 Å². The normalized spacial score (nSPS) is 11.1. The molecule has 0 radical (unpaired) electrons. The summed E-state index contributed by atoms with van der Waals surface area (Å²) >= 11 is 0. The van der Waals surface area contributed by atoms with Gasteiger partial charge in [0.15, 0.2) is 17.3 Å². The van der Waals surface area contributed by atoms with Crippen molar-refractivity contribution >= 4 is 29.0 Å². The van der Waals surface area contributed by atoms with Gasteiger partial charge in [0.2, 0.25) is 0 Å². The number of fused-ring (bicyclic) bond motifs is 1. The highest BCUT2D eigenvalue weighted by Crippen LogP contribution is 2.20. The molecule has 3 heterocycles. The fraction of sp³-hybridized carbons (Fsp3) is 0. The molecule has 2 N–H and O–H groups in total. The first-order valence-corrected chi connectivity index (χ1v) is 7.95. The van der Waals surface area contributed by atoms with Crippen LogP contribution in [0.4, 0.5) is 5.82 Å². The number of carbonyl (C=O) groups is 1. The number of aromatic carboxylic acids is 1. The van der Waals surface area contributed by atoms with Crippen LogP contribution in [0.15, 0.2) is 66.3 Å². The lowest BCUT2D eigenvalue weighted by Crippen LogP contribution is -2.01. The number of rotatable bonds is 5. The lowest BCUT2D eigenvalue weighted by atomic mass is 10.1. The Balaban J connectivity index is 1.57. The second-order valence-corrected chi connectivity index (χ2v) is 5.50. The molecule has 0 aliphatic heterocycles. The van der Waals surface area contributed by atoms with Gasteiger partial charge in [0.25, 0.3) is 0 Å². The van der Waals surface area contributed by atoms with E-state index in [9.17, 15) is 4.79 Å². The molecule has 0 amide bonds. The van der Waals surface area contributed by atoms with E-state index in [1.165, 1.54) is 18.5 Å². The van der Waals surface area contributed by atoms with Crippen molar-refractivity contribution in [3.63, 3.8) is 0 Å². The van der Waals surface area contributed by atoms with Crippen molar-refractivity contribution in [2.75, 3.05) is 5.43 Å². The van der Waals surface area contributed by atoms with Crippen molar-refractivity contribution in [3.05, 3.63) is 72.3 Å². The monoisotopic (exact) mass is 359 g/mol. The molecule has 1 aromatic carbocycles. The van der Waals surface area contributed by atoms with Gasteiger partial charge in [0.1, 0.15) is 6.33 Å². The third kappa shape index (κ3) is 3.33. The summed E-state index contributed by atoms with van der Waals surface area (Å²) < 4.78 is 1.62. The number of hydrazone groups is 1. The summed E-state index contributed by atoms with van der Waals surface area (Å²) in [5.41, 5.74) is 4.44. The Labute approximate surface area is 153 Å². The quantitative estimate of drug-likeness (QED) is 0.415. The maximum Gasteiger partial charge on any atom is 0.335 e. The Morgan fingerprint density at radius 3 is 2.70 bits per heavy atom. The largest absolute Gasteiger partial charge is 0.478 e. The topological polar surface area (TPSA) is 118 Å². The van der Waals surface area contributed by atoms with Crippen molar-refractivity contribution in [2.45, 2.75) is 0 Å². The van der Waals surface area contributed by atoms with Crippen LogP contribution < -0.4 is 5.43 Å². The fourth-order valence-corrected chi connectivity index (χ4v) is 2.46. The van der Waals surface area contributed by atoms with Gasteiger partial charge in [-0.3, -0.25) is 5.43 Å². The van der Waals surface area contributed by atoms with Gasteiger partial charge in [0, 0.05) is 6.20 Å². The summed E-state index contributed by atoms with van der Waals surface area (Å²) in [6, 6.07) is 11.9. The summed E-state index contributed by atoms with van der Waals surface area (Å²) in [5.74, 6) is 0.185. The zero-order chi connectivity index (χ0) is 18.6. The van der Waals surface area contributed by atoms with Gasteiger partial charge in [-0.05, 0) is 29.8 Å². The van der Waals surface area contributed by atoms with Crippen LogP contribution in [0.3, 0.4) is 0 Å². The van der Waals surface area contributed by atoms with Gasteiger partial charge in [-0.15, -0.1) is 0 Å². The number of nitrogens with one attached hydrogen (secondary N) is 1. The molecule has 0 fully saturated rings. The third-order valence-corrected chi connectivity index (χ3v) is 3.77. The van der Waals surface area contributed by atoms with Crippen LogP contribution in [0.2, 0.25) is 0 Å². The van der Waals surface area contributed by atoms with Crippen LogP contribution in [0.1, 0.15) is 15.9 Å². The Morgan fingerprint density at radius 2 is 1.96 bits per heavy atom. The average Bonchev–Trinajstić information content (AvgIpc) is 3.14. The molecular formula is C18H13N7O2. The zero-order valence-corrected chi connectivity index (χ0v) is 13.9. The van der Waals surface area contributed by atoms with Gasteiger partial charge in [-0.25, -0.2) is 19.7 Å². The minimum atomic E-state index is -0.968. The summed E-state index contributed by atoms with van der Waals surface area (Å²) in [6.45, 7) is 0. The molecule has 3 aromatic heterocycles. The Bertz CT molecular complexity index is 1120. The third-order valence-electron chi connectivity index (χ3n) is 3.77. The number of benzene rings is 1. The number of pyridine rings is 1. The van der Waals surface area contributed by atoms with E-state index in [1.807, 2.05) is 18.2 Å². The Kier molecular flexibility index (Phi) is 4.24. The molecule has 0 atom stereocenters. The minimum absolute atomic E-state index is 0.222. The zero-order valence-electron chi connectivity index (χ0n) is 13.9. The van der Waals surface area contributed by atoms with E-state index in [0.717, 1.165) is 5.56 Å².